The van der Waals surface area contributed by atoms with Crippen LogP contribution in [0.4, 0.5) is 8.78 Å². The number of hydrogen-bond acceptors (Lipinski definition) is 9. The molecule has 2 heterocycles. The summed E-state index contributed by atoms with van der Waals surface area (Å²) in [5.41, 5.74) is 1.24. The van der Waals surface area contributed by atoms with E-state index < -0.39 is 24.2 Å². The molecule has 0 N–H and O–H groups in total. The van der Waals surface area contributed by atoms with Gasteiger partial charge in [-0.25, -0.2) is 9.79 Å². The van der Waals surface area contributed by atoms with Crippen molar-refractivity contribution in [1.82, 2.24) is 4.57 Å². The van der Waals surface area contributed by atoms with Crippen LogP contribution in [-0.4, -0.2) is 45.1 Å². The maximum Gasteiger partial charge on any atom is 0.387 e. The normalized spacial score (nSPS) is 15.1. The average Bonchev–Trinajstić information content (AvgIpc) is 3.22. The smallest absolute Gasteiger partial charge is 0.387 e. The van der Waals surface area contributed by atoms with E-state index >= 15 is 0 Å². The largest absolute Gasteiger partial charge is 0.497 e. The van der Waals surface area contributed by atoms with Gasteiger partial charge in [-0.05, 0) is 49.8 Å². The Bertz CT molecular complexity index is 1610. The Morgan fingerprint density at radius 1 is 1.08 bits per heavy atom. The zero-order chi connectivity index (χ0) is 28.3. The summed E-state index contributed by atoms with van der Waals surface area (Å²) < 4.78 is 53.0. The number of nitrogens with zero attached hydrogens (tertiary/aromatic N) is 2. The van der Waals surface area contributed by atoms with Crippen LogP contribution in [0, 0.1) is 0 Å². The molecule has 0 aliphatic carbocycles. The minimum Gasteiger partial charge on any atom is -0.497 e. The van der Waals surface area contributed by atoms with Gasteiger partial charge < -0.3 is 23.7 Å². The number of ether oxygens (including phenoxy) is 5. The van der Waals surface area contributed by atoms with Crippen LogP contribution in [-0.2, 0) is 9.53 Å². The fraction of sp³-hybridized carbons (Fsp3) is 0.296. The molecule has 1 aliphatic rings. The number of rotatable bonds is 9. The van der Waals surface area contributed by atoms with Crippen LogP contribution in [0.1, 0.15) is 31.0 Å². The number of thiazole rings is 1. The van der Waals surface area contributed by atoms with Gasteiger partial charge in [0.15, 0.2) is 16.3 Å². The van der Waals surface area contributed by atoms with Crippen LogP contribution >= 0.6 is 11.3 Å². The SMILES string of the molecule is CCOC(=O)C1=C(C)N=c2s/c(=C/c3ccc(OC(F)F)c(OC)c3)c(=O)n2[C@@H]1c1ccc(OC)cc1OC. The Kier molecular flexibility index (Phi) is 8.34. The summed E-state index contributed by atoms with van der Waals surface area (Å²) in [6.07, 6.45) is 1.59. The van der Waals surface area contributed by atoms with Crippen LogP contribution in [0.5, 0.6) is 23.0 Å². The maximum absolute atomic E-state index is 13.8. The molecule has 0 amide bonds. The molecule has 0 saturated carbocycles. The molecule has 0 saturated heterocycles. The second-order valence-electron chi connectivity index (χ2n) is 8.20. The lowest BCUT2D eigenvalue weighted by Gasteiger charge is -2.26. The lowest BCUT2D eigenvalue weighted by atomic mass is 9.95. The minimum absolute atomic E-state index is 0.0816. The predicted octanol–water partition coefficient (Wildman–Crippen LogP) is 3.43. The third-order valence-electron chi connectivity index (χ3n) is 5.95. The van der Waals surface area contributed by atoms with E-state index in [-0.39, 0.29) is 23.7 Å². The van der Waals surface area contributed by atoms with Crippen molar-refractivity contribution < 1.29 is 37.3 Å². The van der Waals surface area contributed by atoms with Gasteiger partial charge in [0.25, 0.3) is 5.56 Å². The minimum atomic E-state index is -3.01. The number of carbonyl (C=O) groups excluding carboxylic acids is 1. The van der Waals surface area contributed by atoms with Crippen LogP contribution < -0.4 is 33.8 Å². The molecule has 206 valence electrons. The van der Waals surface area contributed by atoms with E-state index in [0.29, 0.717) is 37.7 Å². The Hall–Kier alpha value is -4.19. The molecule has 1 atom stereocenters. The second-order valence-corrected chi connectivity index (χ2v) is 9.21. The number of allylic oxidation sites excluding steroid dienone is 1. The van der Waals surface area contributed by atoms with Gasteiger partial charge in [0.05, 0.1) is 43.7 Å². The van der Waals surface area contributed by atoms with Gasteiger partial charge in [-0.2, -0.15) is 8.78 Å². The molecule has 0 unspecified atom stereocenters. The van der Waals surface area contributed by atoms with Gasteiger partial charge in [0.2, 0.25) is 0 Å². The molecule has 1 aliphatic heterocycles. The van der Waals surface area contributed by atoms with Crippen LogP contribution in [0.3, 0.4) is 0 Å². The molecular weight excluding hydrogens is 534 g/mol. The number of alkyl halides is 2. The highest BCUT2D eigenvalue weighted by molar-refractivity contribution is 7.07. The maximum atomic E-state index is 13.8. The van der Waals surface area contributed by atoms with Gasteiger partial charge in [-0.3, -0.25) is 9.36 Å². The van der Waals surface area contributed by atoms with Crippen LogP contribution in [0.25, 0.3) is 6.08 Å². The fourth-order valence-electron chi connectivity index (χ4n) is 4.25. The van der Waals surface area contributed by atoms with Crippen molar-refractivity contribution in [2.45, 2.75) is 26.5 Å². The molecule has 9 nitrogen and oxygen atoms in total. The molecule has 12 heteroatoms. The molecule has 0 spiro atoms. The summed E-state index contributed by atoms with van der Waals surface area (Å²) in [4.78, 5) is 31.8. The first-order valence-corrected chi connectivity index (χ1v) is 12.6. The number of esters is 1. The van der Waals surface area contributed by atoms with E-state index in [9.17, 15) is 18.4 Å². The molecule has 0 radical (unpaired) electrons. The molecule has 39 heavy (non-hydrogen) atoms. The Morgan fingerprint density at radius 3 is 2.46 bits per heavy atom. The third kappa shape index (κ3) is 5.51. The van der Waals surface area contributed by atoms with E-state index in [2.05, 4.69) is 9.73 Å². The highest BCUT2D eigenvalue weighted by atomic mass is 32.1. The first-order chi connectivity index (χ1) is 18.7. The van der Waals surface area contributed by atoms with E-state index in [1.54, 1.807) is 38.1 Å². The Balaban J connectivity index is 1.93. The highest BCUT2D eigenvalue weighted by Crippen LogP contribution is 2.37. The predicted molar refractivity (Wildman–Crippen MR) is 140 cm³/mol. The lowest BCUT2D eigenvalue weighted by Crippen LogP contribution is -2.40. The van der Waals surface area contributed by atoms with Crippen LogP contribution in [0.15, 0.2) is 57.5 Å². The van der Waals surface area contributed by atoms with Crippen molar-refractivity contribution in [2.75, 3.05) is 27.9 Å². The number of aromatic nitrogens is 1. The van der Waals surface area contributed by atoms with Crippen molar-refractivity contribution in [3.63, 3.8) is 0 Å². The quantitative estimate of drug-likeness (QED) is 0.370. The lowest BCUT2D eigenvalue weighted by molar-refractivity contribution is -0.139. The first kappa shape index (κ1) is 27.8. The molecular formula is C27H26F2N2O7S. The topological polar surface area (TPSA) is 97.6 Å². The van der Waals surface area contributed by atoms with Gasteiger partial charge in [-0.1, -0.05) is 17.4 Å². The summed E-state index contributed by atoms with van der Waals surface area (Å²) in [7, 11) is 4.33. The highest BCUT2D eigenvalue weighted by Gasteiger charge is 2.35. The molecule has 4 rings (SSSR count). The fourth-order valence-corrected chi connectivity index (χ4v) is 5.30. The number of halogens is 2. The standard InChI is InChI=1S/C27H26F2N2O7S/c1-6-37-25(33)22-14(2)30-27-31(23(22)17-9-8-16(34-3)13-19(17)35-4)24(32)21(39-27)12-15-7-10-18(38-26(28)29)20(11-15)36-5/h7-13,23,26H,6H2,1-5H3/b21-12+/t23-/m1/s1. The summed E-state index contributed by atoms with van der Waals surface area (Å²) in [6.45, 7) is 0.497. The number of benzene rings is 2. The van der Waals surface area contributed by atoms with Gasteiger partial charge in [0.1, 0.15) is 17.5 Å². The van der Waals surface area contributed by atoms with Crippen LogP contribution in [0.2, 0.25) is 0 Å². The first-order valence-electron chi connectivity index (χ1n) is 11.8. The monoisotopic (exact) mass is 560 g/mol. The average molecular weight is 561 g/mol. The van der Waals surface area contributed by atoms with Crippen molar-refractivity contribution in [3.05, 3.63) is 78.5 Å². The van der Waals surface area contributed by atoms with Crippen molar-refractivity contribution in [3.8, 4) is 23.0 Å². The zero-order valence-electron chi connectivity index (χ0n) is 21.8. The molecule has 3 aromatic rings. The Labute approximate surface area is 226 Å². The zero-order valence-corrected chi connectivity index (χ0v) is 22.6. The van der Waals surface area contributed by atoms with Gasteiger partial charge in [-0.15, -0.1) is 0 Å². The summed E-state index contributed by atoms with van der Waals surface area (Å²) in [5, 5.41) is 0. The van der Waals surface area contributed by atoms with Gasteiger partial charge in [0, 0.05) is 11.6 Å². The van der Waals surface area contributed by atoms with E-state index in [0.717, 1.165) is 11.3 Å². The van der Waals surface area contributed by atoms with E-state index in [1.807, 2.05) is 0 Å². The number of hydrogen-bond donors (Lipinski definition) is 0. The third-order valence-corrected chi connectivity index (χ3v) is 6.94. The van der Waals surface area contributed by atoms with E-state index in [1.165, 1.54) is 44.1 Å². The molecule has 2 aromatic carbocycles. The number of methoxy groups -OCH3 is 3. The van der Waals surface area contributed by atoms with Crippen molar-refractivity contribution >= 4 is 23.4 Å². The number of carbonyl (C=O) groups is 1. The molecule has 1 aromatic heterocycles. The summed E-state index contributed by atoms with van der Waals surface area (Å²) in [5.74, 6) is 0.292. The number of fused-ring (bicyclic) bond motifs is 1. The Morgan fingerprint density at radius 2 is 1.82 bits per heavy atom. The van der Waals surface area contributed by atoms with Gasteiger partial charge >= 0.3 is 12.6 Å². The second kappa shape index (κ2) is 11.7. The van der Waals surface area contributed by atoms with Crippen molar-refractivity contribution in [2.24, 2.45) is 4.99 Å². The summed E-state index contributed by atoms with van der Waals surface area (Å²) in [6, 6.07) is 8.55. The molecule has 0 bridgehead atoms. The van der Waals surface area contributed by atoms with Crippen molar-refractivity contribution in [1.29, 1.82) is 0 Å². The summed E-state index contributed by atoms with van der Waals surface area (Å²) >= 11 is 1.12. The molecule has 0 fully saturated rings. The van der Waals surface area contributed by atoms with E-state index in [4.69, 9.17) is 18.9 Å².